The molecule has 3 N–H and O–H groups in total. The van der Waals surface area contributed by atoms with Gasteiger partial charge >= 0.3 is 0 Å². The highest BCUT2D eigenvalue weighted by Gasteiger charge is 2.17. The predicted molar refractivity (Wildman–Crippen MR) is 109 cm³/mol. The summed E-state index contributed by atoms with van der Waals surface area (Å²) in [5, 5.41) is 7.37. The summed E-state index contributed by atoms with van der Waals surface area (Å²) in [4.78, 5) is 7.84. The van der Waals surface area contributed by atoms with Crippen molar-refractivity contribution in [1.29, 1.82) is 0 Å². The Labute approximate surface area is 162 Å². The lowest BCUT2D eigenvalue weighted by Crippen LogP contribution is -2.35. The van der Waals surface area contributed by atoms with Gasteiger partial charge < -0.3 is 10.4 Å². The Kier molecular flexibility index (Phi) is 3.87. The van der Waals surface area contributed by atoms with E-state index >= 15 is 0 Å². The average molecular weight is 371 g/mol. The topological polar surface area (TPSA) is 73.8 Å². The SMILES string of the molecule is Cc1cccc(CN2C=C(c3c[nH]c4ncc(-c5cnn(C)c5)cc34)NN2)c1. The quantitative estimate of drug-likeness (QED) is 0.514. The van der Waals surface area contributed by atoms with Gasteiger partial charge in [-0.15, -0.1) is 5.53 Å². The molecule has 4 heterocycles. The van der Waals surface area contributed by atoms with Crippen LogP contribution < -0.4 is 11.0 Å². The second-order valence-electron chi connectivity index (χ2n) is 7.12. The maximum Gasteiger partial charge on any atom is 0.137 e. The Balaban J connectivity index is 1.45. The minimum absolute atomic E-state index is 0.778. The molecule has 0 fully saturated rings. The molecule has 4 aromatic rings. The molecule has 0 unspecified atom stereocenters. The van der Waals surface area contributed by atoms with Crippen LogP contribution in [-0.4, -0.2) is 24.8 Å². The molecule has 140 valence electrons. The van der Waals surface area contributed by atoms with E-state index in [1.54, 1.807) is 4.68 Å². The highest BCUT2D eigenvalue weighted by molar-refractivity contribution is 5.92. The molecule has 0 radical (unpaired) electrons. The molecule has 0 saturated heterocycles. The minimum Gasteiger partial charge on any atom is -0.345 e. The molecule has 0 aliphatic carbocycles. The Morgan fingerprint density at radius 3 is 2.86 bits per heavy atom. The van der Waals surface area contributed by atoms with E-state index in [4.69, 9.17) is 0 Å². The number of aryl methyl sites for hydroxylation is 2. The average Bonchev–Trinajstić information content (AvgIpc) is 3.40. The van der Waals surface area contributed by atoms with Crippen LogP contribution in [-0.2, 0) is 13.6 Å². The highest BCUT2D eigenvalue weighted by atomic mass is 15.7. The first-order chi connectivity index (χ1) is 13.7. The molecule has 1 aliphatic heterocycles. The Morgan fingerprint density at radius 2 is 2.04 bits per heavy atom. The molecule has 7 heteroatoms. The normalized spacial score (nSPS) is 13.8. The van der Waals surface area contributed by atoms with Crippen LogP contribution in [0.5, 0.6) is 0 Å². The standard InChI is InChI=1S/C21H21N7/c1-14-4-3-5-15(6-14)11-28-13-20(25-26-28)19-10-23-21-18(19)7-16(8-22-21)17-9-24-27(2)12-17/h3-10,12-13,25-26H,11H2,1-2H3,(H,22,23). The van der Waals surface area contributed by atoms with Gasteiger partial charge in [-0.25, -0.2) is 4.98 Å². The van der Waals surface area contributed by atoms with Crippen molar-refractivity contribution in [3.8, 4) is 11.1 Å². The first-order valence-corrected chi connectivity index (χ1v) is 9.18. The fraction of sp³-hybridized carbons (Fsp3) is 0.143. The number of H-pyrrole nitrogens is 1. The number of rotatable bonds is 4. The molecule has 1 aromatic carbocycles. The number of aromatic amines is 1. The van der Waals surface area contributed by atoms with Crippen molar-refractivity contribution in [3.63, 3.8) is 0 Å². The monoisotopic (exact) mass is 371 g/mol. The van der Waals surface area contributed by atoms with E-state index in [1.807, 2.05) is 36.8 Å². The Bertz CT molecular complexity index is 1180. The zero-order valence-electron chi connectivity index (χ0n) is 15.8. The molecule has 0 spiro atoms. The van der Waals surface area contributed by atoms with Gasteiger partial charge in [0.25, 0.3) is 0 Å². The second kappa shape index (κ2) is 6.54. The number of hydrogen-bond donors (Lipinski definition) is 3. The number of pyridine rings is 1. The molecular formula is C21H21N7. The summed E-state index contributed by atoms with van der Waals surface area (Å²) < 4.78 is 1.80. The minimum atomic E-state index is 0.778. The van der Waals surface area contributed by atoms with Crippen molar-refractivity contribution in [3.05, 3.63) is 78.0 Å². The van der Waals surface area contributed by atoms with Crippen LogP contribution in [0.15, 0.2) is 61.3 Å². The van der Waals surface area contributed by atoms with E-state index in [1.165, 1.54) is 11.1 Å². The van der Waals surface area contributed by atoms with Gasteiger partial charge in [-0.1, -0.05) is 29.8 Å². The summed E-state index contributed by atoms with van der Waals surface area (Å²) in [6.45, 7) is 2.89. The van der Waals surface area contributed by atoms with Crippen LogP contribution in [0.25, 0.3) is 27.9 Å². The molecule has 28 heavy (non-hydrogen) atoms. The smallest absolute Gasteiger partial charge is 0.137 e. The molecule has 3 aromatic heterocycles. The molecule has 1 aliphatic rings. The van der Waals surface area contributed by atoms with Gasteiger partial charge in [0.1, 0.15) is 5.65 Å². The van der Waals surface area contributed by atoms with Crippen LogP contribution in [0, 0.1) is 6.92 Å². The predicted octanol–water partition coefficient (Wildman–Crippen LogP) is 3.10. The number of nitrogens with one attached hydrogen (secondary N) is 3. The third-order valence-corrected chi connectivity index (χ3v) is 4.91. The van der Waals surface area contributed by atoms with E-state index in [0.717, 1.165) is 40.0 Å². The molecule has 0 atom stereocenters. The zero-order valence-corrected chi connectivity index (χ0v) is 15.8. The van der Waals surface area contributed by atoms with Crippen molar-refractivity contribution in [2.45, 2.75) is 13.5 Å². The second-order valence-corrected chi connectivity index (χ2v) is 7.12. The number of nitrogens with zero attached hydrogens (tertiary/aromatic N) is 4. The number of hydrazine groups is 2. The van der Waals surface area contributed by atoms with Crippen molar-refractivity contribution in [2.24, 2.45) is 7.05 Å². The molecule has 0 bridgehead atoms. The third kappa shape index (κ3) is 3.01. The van der Waals surface area contributed by atoms with Crippen molar-refractivity contribution < 1.29 is 0 Å². The summed E-state index contributed by atoms with van der Waals surface area (Å²) in [7, 11) is 1.92. The Hall–Kier alpha value is -3.58. The lowest BCUT2D eigenvalue weighted by atomic mass is 10.1. The van der Waals surface area contributed by atoms with Crippen molar-refractivity contribution in [1.82, 2.24) is 35.7 Å². The van der Waals surface area contributed by atoms with Gasteiger partial charge in [-0.05, 0) is 18.6 Å². The van der Waals surface area contributed by atoms with E-state index in [9.17, 15) is 0 Å². The maximum atomic E-state index is 4.57. The zero-order chi connectivity index (χ0) is 19.1. The summed E-state index contributed by atoms with van der Waals surface area (Å²) >= 11 is 0. The van der Waals surface area contributed by atoms with Gasteiger partial charge in [-0.2, -0.15) is 5.10 Å². The summed E-state index contributed by atoms with van der Waals surface area (Å²) in [5.41, 5.74) is 14.1. The lowest BCUT2D eigenvalue weighted by molar-refractivity contribution is 0.265. The number of aromatic nitrogens is 4. The molecule has 0 amide bonds. The molecule has 0 saturated carbocycles. The fourth-order valence-corrected chi connectivity index (χ4v) is 3.54. The van der Waals surface area contributed by atoms with Crippen LogP contribution in [0.4, 0.5) is 0 Å². The maximum absolute atomic E-state index is 4.57. The van der Waals surface area contributed by atoms with Gasteiger partial charge in [0.15, 0.2) is 0 Å². The Morgan fingerprint density at radius 1 is 1.11 bits per heavy atom. The number of fused-ring (bicyclic) bond motifs is 1. The van der Waals surface area contributed by atoms with Crippen LogP contribution in [0.1, 0.15) is 16.7 Å². The van der Waals surface area contributed by atoms with Gasteiger partial charge in [0.2, 0.25) is 0 Å². The molecule has 7 nitrogen and oxygen atoms in total. The fourth-order valence-electron chi connectivity index (χ4n) is 3.54. The van der Waals surface area contributed by atoms with E-state index < -0.39 is 0 Å². The summed E-state index contributed by atoms with van der Waals surface area (Å²) in [6.07, 6.45) is 9.79. The molecular weight excluding hydrogens is 350 g/mol. The van der Waals surface area contributed by atoms with Crippen molar-refractivity contribution in [2.75, 3.05) is 0 Å². The lowest BCUT2D eigenvalue weighted by Gasteiger charge is -2.15. The van der Waals surface area contributed by atoms with E-state index in [-0.39, 0.29) is 0 Å². The molecule has 5 rings (SSSR count). The van der Waals surface area contributed by atoms with Gasteiger partial charge in [0.05, 0.1) is 18.4 Å². The van der Waals surface area contributed by atoms with Gasteiger partial charge in [0, 0.05) is 53.9 Å². The van der Waals surface area contributed by atoms with Crippen molar-refractivity contribution >= 4 is 16.7 Å². The van der Waals surface area contributed by atoms with E-state index in [2.05, 4.69) is 69.5 Å². The first-order valence-electron chi connectivity index (χ1n) is 9.18. The van der Waals surface area contributed by atoms with Crippen LogP contribution in [0.3, 0.4) is 0 Å². The summed E-state index contributed by atoms with van der Waals surface area (Å²) in [5.74, 6) is 0. The van der Waals surface area contributed by atoms with Crippen LogP contribution in [0.2, 0.25) is 0 Å². The third-order valence-electron chi connectivity index (χ3n) is 4.91. The number of hydrogen-bond acceptors (Lipinski definition) is 5. The first kappa shape index (κ1) is 16.6. The van der Waals surface area contributed by atoms with Gasteiger partial charge in [-0.3, -0.25) is 9.69 Å². The number of benzene rings is 1. The largest absolute Gasteiger partial charge is 0.345 e. The van der Waals surface area contributed by atoms with Crippen LogP contribution >= 0.6 is 0 Å². The highest BCUT2D eigenvalue weighted by Crippen LogP contribution is 2.28. The van der Waals surface area contributed by atoms with E-state index in [0.29, 0.717) is 0 Å². The summed E-state index contributed by atoms with van der Waals surface area (Å²) in [6, 6.07) is 10.7.